The summed E-state index contributed by atoms with van der Waals surface area (Å²) in [6, 6.07) is 12.2. The van der Waals surface area contributed by atoms with Gasteiger partial charge in [-0.3, -0.25) is 9.59 Å². The zero-order chi connectivity index (χ0) is 22.0. The lowest BCUT2D eigenvalue weighted by atomic mass is 9.73. The number of primary amides is 1. The van der Waals surface area contributed by atoms with Gasteiger partial charge >= 0.3 is 0 Å². The molecule has 0 spiro atoms. The maximum absolute atomic E-state index is 13.4. The van der Waals surface area contributed by atoms with E-state index in [1.54, 1.807) is 23.2 Å². The maximum atomic E-state index is 13.4. The van der Waals surface area contributed by atoms with E-state index in [-0.39, 0.29) is 11.8 Å². The molecule has 1 saturated heterocycles. The van der Waals surface area contributed by atoms with E-state index in [2.05, 4.69) is 23.4 Å². The number of nitrogens with zero attached hydrogens (tertiary/aromatic N) is 2. The molecule has 1 atom stereocenters. The van der Waals surface area contributed by atoms with Gasteiger partial charge in [0, 0.05) is 18.0 Å². The highest BCUT2D eigenvalue weighted by Gasteiger charge is 2.43. The predicted molar refractivity (Wildman–Crippen MR) is 121 cm³/mol. The van der Waals surface area contributed by atoms with Crippen LogP contribution in [0.2, 0.25) is 0 Å². The van der Waals surface area contributed by atoms with Crippen LogP contribution < -0.4 is 5.73 Å². The molecule has 4 rings (SSSR count). The third-order valence-electron chi connectivity index (χ3n) is 6.20. The molecule has 1 aromatic carbocycles. The molecule has 31 heavy (non-hydrogen) atoms. The minimum Gasteiger partial charge on any atom is -0.369 e. The monoisotopic (exact) mass is 437 g/mol. The standard InChI is InChI=1S/C24H27N3O3S/c1-3-19-21(16(2)30-26-19)22(28)27-12-7-11-24(15-27,23(25)29)14-17-8-4-5-9-18(17)20-10-6-13-31-20/h4-6,8-10,13H,3,7,11-12,14-15H2,1-2H3,(H2,25,29). The lowest BCUT2D eigenvalue weighted by molar-refractivity contribution is -0.130. The van der Waals surface area contributed by atoms with Crippen molar-refractivity contribution in [2.75, 3.05) is 13.1 Å². The Morgan fingerprint density at radius 2 is 2.06 bits per heavy atom. The molecule has 1 fully saturated rings. The van der Waals surface area contributed by atoms with E-state index in [0.717, 1.165) is 22.4 Å². The number of hydrogen-bond acceptors (Lipinski definition) is 5. The number of rotatable bonds is 6. The summed E-state index contributed by atoms with van der Waals surface area (Å²) in [7, 11) is 0. The minimum atomic E-state index is -0.807. The number of aryl methyl sites for hydroxylation is 2. The van der Waals surface area contributed by atoms with Crippen molar-refractivity contribution >= 4 is 23.2 Å². The highest BCUT2D eigenvalue weighted by Crippen LogP contribution is 2.38. The van der Waals surface area contributed by atoms with Gasteiger partial charge in [-0.15, -0.1) is 11.3 Å². The van der Waals surface area contributed by atoms with Crippen molar-refractivity contribution in [3.05, 3.63) is 64.4 Å². The molecule has 0 radical (unpaired) electrons. The average Bonchev–Trinajstić information content (AvgIpc) is 3.43. The van der Waals surface area contributed by atoms with Crippen LogP contribution in [-0.2, 0) is 17.6 Å². The maximum Gasteiger partial charge on any atom is 0.259 e. The molecule has 0 saturated carbocycles. The van der Waals surface area contributed by atoms with Gasteiger partial charge < -0.3 is 15.2 Å². The molecule has 1 unspecified atom stereocenters. The zero-order valence-electron chi connectivity index (χ0n) is 17.9. The van der Waals surface area contributed by atoms with Crippen molar-refractivity contribution < 1.29 is 14.1 Å². The first-order valence-electron chi connectivity index (χ1n) is 10.6. The van der Waals surface area contributed by atoms with Crippen LogP contribution in [0.15, 0.2) is 46.3 Å². The molecule has 3 heterocycles. The predicted octanol–water partition coefficient (Wildman–Crippen LogP) is 4.22. The number of carbonyl (C=O) groups is 2. The number of likely N-dealkylation sites (tertiary alicyclic amines) is 1. The number of benzene rings is 1. The lowest BCUT2D eigenvalue weighted by Gasteiger charge is -2.41. The van der Waals surface area contributed by atoms with Crippen LogP contribution in [0, 0.1) is 12.3 Å². The van der Waals surface area contributed by atoms with Gasteiger partial charge in [0.1, 0.15) is 11.3 Å². The normalized spacial score (nSPS) is 18.8. The number of amides is 2. The second kappa shape index (κ2) is 8.67. The molecule has 1 aliphatic heterocycles. The van der Waals surface area contributed by atoms with E-state index in [0.29, 0.717) is 49.4 Å². The van der Waals surface area contributed by atoms with E-state index >= 15 is 0 Å². The molecule has 0 aliphatic carbocycles. The number of carbonyl (C=O) groups excluding carboxylic acids is 2. The van der Waals surface area contributed by atoms with Crippen molar-refractivity contribution in [2.45, 2.75) is 39.5 Å². The molecule has 2 aromatic heterocycles. The Balaban J connectivity index is 1.65. The van der Waals surface area contributed by atoms with Crippen molar-refractivity contribution in [3.8, 4) is 10.4 Å². The van der Waals surface area contributed by atoms with Crippen LogP contribution in [0.3, 0.4) is 0 Å². The Bertz CT molecular complexity index is 1090. The van der Waals surface area contributed by atoms with Crippen LogP contribution in [-0.4, -0.2) is 35.0 Å². The quantitative estimate of drug-likeness (QED) is 0.625. The molecule has 2 amide bonds. The lowest BCUT2D eigenvalue weighted by Crippen LogP contribution is -2.53. The summed E-state index contributed by atoms with van der Waals surface area (Å²) < 4.78 is 5.26. The SMILES string of the molecule is CCc1noc(C)c1C(=O)N1CCCC(Cc2ccccc2-c2cccs2)(C(N)=O)C1. The van der Waals surface area contributed by atoms with Gasteiger partial charge in [-0.25, -0.2) is 0 Å². The van der Waals surface area contributed by atoms with Gasteiger partial charge in [0.05, 0.1) is 11.1 Å². The van der Waals surface area contributed by atoms with Gasteiger partial charge in [-0.05, 0) is 55.2 Å². The fourth-order valence-electron chi connectivity index (χ4n) is 4.54. The summed E-state index contributed by atoms with van der Waals surface area (Å²) >= 11 is 1.67. The number of piperidine rings is 1. The Morgan fingerprint density at radius 3 is 2.77 bits per heavy atom. The van der Waals surface area contributed by atoms with Gasteiger partial charge in [0.2, 0.25) is 5.91 Å². The smallest absolute Gasteiger partial charge is 0.259 e. The molecule has 2 N–H and O–H groups in total. The van der Waals surface area contributed by atoms with Crippen LogP contribution in [0.1, 0.15) is 47.1 Å². The molecular formula is C24H27N3O3S. The van der Waals surface area contributed by atoms with E-state index in [4.69, 9.17) is 10.3 Å². The molecule has 7 heteroatoms. The van der Waals surface area contributed by atoms with Gasteiger partial charge in [-0.1, -0.05) is 42.4 Å². The van der Waals surface area contributed by atoms with E-state index in [1.165, 1.54) is 0 Å². The Morgan fingerprint density at radius 1 is 1.26 bits per heavy atom. The van der Waals surface area contributed by atoms with Crippen LogP contribution >= 0.6 is 11.3 Å². The highest BCUT2D eigenvalue weighted by atomic mass is 32.1. The van der Waals surface area contributed by atoms with Gasteiger partial charge in [-0.2, -0.15) is 0 Å². The molecule has 162 valence electrons. The topological polar surface area (TPSA) is 89.4 Å². The van der Waals surface area contributed by atoms with Crippen LogP contribution in [0.5, 0.6) is 0 Å². The summed E-state index contributed by atoms with van der Waals surface area (Å²) in [6.07, 6.45) is 2.50. The highest BCUT2D eigenvalue weighted by molar-refractivity contribution is 7.13. The fraction of sp³-hybridized carbons (Fsp3) is 0.375. The Hall–Kier alpha value is -2.93. The molecular weight excluding hydrogens is 410 g/mol. The number of nitrogens with two attached hydrogens (primary N) is 1. The third kappa shape index (κ3) is 4.02. The zero-order valence-corrected chi connectivity index (χ0v) is 18.7. The fourth-order valence-corrected chi connectivity index (χ4v) is 5.33. The minimum absolute atomic E-state index is 0.132. The third-order valence-corrected chi connectivity index (χ3v) is 7.10. The molecule has 0 bridgehead atoms. The van der Waals surface area contributed by atoms with E-state index < -0.39 is 5.41 Å². The van der Waals surface area contributed by atoms with Crippen molar-refractivity contribution in [3.63, 3.8) is 0 Å². The van der Waals surface area contributed by atoms with Gasteiger partial charge in [0.15, 0.2) is 0 Å². The molecule has 3 aromatic rings. The van der Waals surface area contributed by atoms with Crippen LogP contribution in [0.25, 0.3) is 10.4 Å². The largest absolute Gasteiger partial charge is 0.369 e. The Kier molecular flexibility index (Phi) is 5.96. The van der Waals surface area contributed by atoms with E-state index in [1.807, 2.05) is 30.5 Å². The van der Waals surface area contributed by atoms with Gasteiger partial charge in [0.25, 0.3) is 5.91 Å². The number of hydrogen-bond donors (Lipinski definition) is 1. The second-order valence-corrected chi connectivity index (χ2v) is 9.15. The Labute approximate surface area is 186 Å². The first-order valence-corrected chi connectivity index (χ1v) is 11.5. The molecule has 1 aliphatic rings. The second-order valence-electron chi connectivity index (χ2n) is 8.20. The van der Waals surface area contributed by atoms with E-state index in [9.17, 15) is 9.59 Å². The van der Waals surface area contributed by atoms with Crippen molar-refractivity contribution in [1.29, 1.82) is 0 Å². The van der Waals surface area contributed by atoms with Crippen molar-refractivity contribution in [2.24, 2.45) is 11.1 Å². The molecule has 6 nitrogen and oxygen atoms in total. The summed E-state index contributed by atoms with van der Waals surface area (Å²) in [5.74, 6) is 0.0244. The summed E-state index contributed by atoms with van der Waals surface area (Å²) in [4.78, 5) is 29.0. The first-order chi connectivity index (χ1) is 14.9. The van der Waals surface area contributed by atoms with Crippen molar-refractivity contribution in [1.82, 2.24) is 10.1 Å². The van der Waals surface area contributed by atoms with Crippen LogP contribution in [0.4, 0.5) is 0 Å². The summed E-state index contributed by atoms with van der Waals surface area (Å²) in [6.45, 7) is 4.59. The number of aromatic nitrogens is 1. The summed E-state index contributed by atoms with van der Waals surface area (Å²) in [5.41, 5.74) is 8.54. The number of thiophene rings is 1. The average molecular weight is 438 g/mol. The summed E-state index contributed by atoms with van der Waals surface area (Å²) in [5, 5.41) is 6.06. The first kappa shape index (κ1) is 21.3.